The molecule has 0 spiro atoms. The maximum Gasteiger partial charge on any atom is 0.323 e. The molecule has 0 saturated carbocycles. The van der Waals surface area contributed by atoms with Crippen molar-refractivity contribution in [2.24, 2.45) is 5.92 Å². The number of hydrogen-bond donors (Lipinski definition) is 2. The fraction of sp³-hybridized carbons (Fsp3) is 0.600. The van der Waals surface area contributed by atoms with Gasteiger partial charge in [-0.2, -0.15) is 0 Å². The van der Waals surface area contributed by atoms with Crippen molar-refractivity contribution in [2.45, 2.75) is 31.3 Å². The maximum absolute atomic E-state index is 12.1. The molecule has 2 bridgehead atoms. The van der Waals surface area contributed by atoms with Crippen LogP contribution in [0.3, 0.4) is 0 Å². The summed E-state index contributed by atoms with van der Waals surface area (Å²) < 4.78 is 3.66. The molecule has 2 saturated heterocycles. The molecule has 1 aromatic heterocycles. The van der Waals surface area contributed by atoms with E-state index in [1.165, 1.54) is 6.20 Å². The Morgan fingerprint density at radius 1 is 1.50 bits per heavy atom. The zero-order valence-electron chi connectivity index (χ0n) is 9.44. The van der Waals surface area contributed by atoms with Crippen LogP contribution < -0.4 is 5.32 Å². The van der Waals surface area contributed by atoms with E-state index in [1.54, 1.807) is 4.90 Å². The van der Waals surface area contributed by atoms with Crippen molar-refractivity contribution >= 4 is 28.5 Å². The molecule has 3 rings (SSSR count). The van der Waals surface area contributed by atoms with Gasteiger partial charge >= 0.3 is 12.0 Å². The summed E-state index contributed by atoms with van der Waals surface area (Å²) >= 11 is 1.10. The highest BCUT2D eigenvalue weighted by atomic mass is 32.1. The molecule has 3 heterocycles. The van der Waals surface area contributed by atoms with Crippen LogP contribution in [0.2, 0.25) is 0 Å². The van der Waals surface area contributed by atoms with Crippen molar-refractivity contribution in [3.63, 3.8) is 0 Å². The van der Waals surface area contributed by atoms with Gasteiger partial charge in [-0.15, -0.1) is 5.10 Å². The Balaban J connectivity index is 1.73. The number of urea groups is 1. The highest BCUT2D eigenvalue weighted by Gasteiger charge is 2.51. The number of aliphatic carboxylic acids is 1. The second-order valence-corrected chi connectivity index (χ2v) is 5.38. The van der Waals surface area contributed by atoms with Gasteiger partial charge in [0.2, 0.25) is 0 Å². The molecule has 0 radical (unpaired) electrons. The lowest BCUT2D eigenvalue weighted by atomic mass is 9.89. The fourth-order valence-corrected chi connectivity index (χ4v) is 3.37. The van der Waals surface area contributed by atoms with Crippen LogP contribution in [0.1, 0.15) is 19.3 Å². The Kier molecular flexibility index (Phi) is 2.66. The van der Waals surface area contributed by atoms with Gasteiger partial charge in [-0.1, -0.05) is 4.49 Å². The lowest BCUT2D eigenvalue weighted by Crippen LogP contribution is -2.40. The molecule has 18 heavy (non-hydrogen) atoms. The number of amides is 2. The Hall–Kier alpha value is -1.70. The fourth-order valence-electron chi connectivity index (χ4n) is 2.96. The van der Waals surface area contributed by atoms with Crippen molar-refractivity contribution in [3.05, 3.63) is 6.20 Å². The van der Waals surface area contributed by atoms with Crippen molar-refractivity contribution in [2.75, 3.05) is 5.32 Å². The number of carbonyl (C=O) groups is 2. The first-order valence-electron chi connectivity index (χ1n) is 5.76. The second-order valence-electron chi connectivity index (χ2n) is 4.60. The van der Waals surface area contributed by atoms with Crippen molar-refractivity contribution in [3.8, 4) is 0 Å². The van der Waals surface area contributed by atoms with E-state index in [9.17, 15) is 9.59 Å². The quantitative estimate of drug-likeness (QED) is 0.834. The van der Waals surface area contributed by atoms with Gasteiger partial charge in [-0.05, 0) is 19.3 Å². The first kappa shape index (κ1) is 11.4. The average molecular weight is 268 g/mol. The molecule has 8 heteroatoms. The number of hydrogen-bond acceptors (Lipinski definition) is 5. The molecule has 0 aromatic carbocycles. The molecule has 2 aliphatic heterocycles. The predicted molar refractivity (Wildman–Crippen MR) is 63.3 cm³/mol. The Morgan fingerprint density at radius 3 is 2.94 bits per heavy atom. The second kappa shape index (κ2) is 4.20. The molecule has 0 aliphatic carbocycles. The van der Waals surface area contributed by atoms with Gasteiger partial charge in [0.15, 0.2) is 0 Å². The minimum atomic E-state index is -0.806. The van der Waals surface area contributed by atoms with Gasteiger partial charge < -0.3 is 10.0 Å². The van der Waals surface area contributed by atoms with E-state index < -0.39 is 11.9 Å². The van der Waals surface area contributed by atoms with E-state index in [4.69, 9.17) is 5.11 Å². The molecule has 1 aromatic rings. The lowest BCUT2D eigenvalue weighted by Gasteiger charge is -2.22. The first-order chi connectivity index (χ1) is 8.66. The van der Waals surface area contributed by atoms with Crippen LogP contribution in [0.15, 0.2) is 6.20 Å². The summed E-state index contributed by atoms with van der Waals surface area (Å²) in [6.45, 7) is 0. The summed E-state index contributed by atoms with van der Waals surface area (Å²) in [5.74, 6) is -1.23. The minimum absolute atomic E-state index is 0.0528. The Morgan fingerprint density at radius 2 is 2.33 bits per heavy atom. The molecule has 3 unspecified atom stereocenters. The lowest BCUT2D eigenvalue weighted by molar-refractivity contribution is -0.142. The third-order valence-electron chi connectivity index (χ3n) is 3.68. The van der Waals surface area contributed by atoms with E-state index in [2.05, 4.69) is 14.9 Å². The van der Waals surface area contributed by atoms with E-state index in [0.29, 0.717) is 11.4 Å². The molecule has 3 atom stereocenters. The number of carboxylic acid groups (broad SMARTS) is 1. The van der Waals surface area contributed by atoms with Crippen LogP contribution >= 0.6 is 11.5 Å². The van der Waals surface area contributed by atoms with Crippen LogP contribution in [-0.2, 0) is 4.79 Å². The molecule has 2 N–H and O–H groups in total. The normalized spacial score (nSPS) is 29.6. The maximum atomic E-state index is 12.1. The summed E-state index contributed by atoms with van der Waals surface area (Å²) in [6.07, 6.45) is 3.71. The molecular weight excluding hydrogens is 256 g/mol. The smallest absolute Gasteiger partial charge is 0.323 e. The number of carbonyl (C=O) groups excluding carboxylic acids is 1. The van der Waals surface area contributed by atoms with Gasteiger partial charge in [-0.3, -0.25) is 10.1 Å². The van der Waals surface area contributed by atoms with E-state index in [0.717, 1.165) is 24.4 Å². The zero-order valence-corrected chi connectivity index (χ0v) is 10.3. The SMILES string of the molecule is O=C(O)C1CC2CCC1N2C(=O)Nc1cnns1. The summed E-state index contributed by atoms with van der Waals surface area (Å²) in [7, 11) is 0. The average Bonchev–Trinajstić information content (AvgIpc) is 3.02. The zero-order chi connectivity index (χ0) is 12.7. The predicted octanol–water partition coefficient (Wildman–Crippen LogP) is 1.01. The number of aromatic nitrogens is 2. The molecular formula is C10H12N4O3S. The molecule has 2 fully saturated rings. The van der Waals surface area contributed by atoms with Crippen molar-refractivity contribution in [1.29, 1.82) is 0 Å². The number of nitrogens with zero attached hydrogens (tertiary/aromatic N) is 3. The van der Waals surface area contributed by atoms with Crippen molar-refractivity contribution in [1.82, 2.24) is 14.5 Å². The van der Waals surface area contributed by atoms with Crippen molar-refractivity contribution < 1.29 is 14.7 Å². The summed E-state index contributed by atoms with van der Waals surface area (Å²) in [4.78, 5) is 24.9. The van der Waals surface area contributed by atoms with E-state index >= 15 is 0 Å². The Bertz CT molecular complexity index is 477. The molecule has 7 nitrogen and oxygen atoms in total. The molecule has 2 aliphatic rings. The van der Waals surface area contributed by atoms with E-state index in [-0.39, 0.29) is 18.1 Å². The highest BCUT2D eigenvalue weighted by Crippen LogP contribution is 2.42. The number of carboxylic acids is 1. The minimum Gasteiger partial charge on any atom is -0.481 e. The number of fused-ring (bicyclic) bond motifs is 2. The van der Waals surface area contributed by atoms with Crippen LogP contribution in [0.25, 0.3) is 0 Å². The Labute approximate surface area is 107 Å². The standard InChI is InChI=1S/C10H12N4O3S/c15-9(16)6-3-5-1-2-7(6)14(5)10(17)12-8-4-11-13-18-8/h4-7H,1-3H2,(H,12,17)(H,15,16). The van der Waals surface area contributed by atoms with E-state index in [1.807, 2.05) is 0 Å². The van der Waals surface area contributed by atoms with Gasteiger partial charge in [-0.25, -0.2) is 4.79 Å². The third kappa shape index (κ3) is 1.72. The monoisotopic (exact) mass is 268 g/mol. The van der Waals surface area contributed by atoms with Gasteiger partial charge in [0.1, 0.15) is 5.00 Å². The van der Waals surface area contributed by atoms with Crippen LogP contribution in [0.5, 0.6) is 0 Å². The van der Waals surface area contributed by atoms with Crippen LogP contribution in [0, 0.1) is 5.92 Å². The third-order valence-corrected chi connectivity index (χ3v) is 4.26. The van der Waals surface area contributed by atoms with Gasteiger partial charge in [0.05, 0.1) is 12.1 Å². The number of nitrogens with one attached hydrogen (secondary N) is 1. The van der Waals surface area contributed by atoms with Gasteiger partial charge in [0, 0.05) is 23.6 Å². The molecule has 96 valence electrons. The largest absolute Gasteiger partial charge is 0.481 e. The highest BCUT2D eigenvalue weighted by molar-refractivity contribution is 7.10. The number of anilines is 1. The summed E-state index contributed by atoms with van der Waals surface area (Å²) in [6, 6.07) is -0.359. The van der Waals surface area contributed by atoms with Crippen LogP contribution in [0.4, 0.5) is 9.80 Å². The van der Waals surface area contributed by atoms with Crippen LogP contribution in [-0.4, -0.2) is 43.7 Å². The number of rotatable bonds is 2. The topological polar surface area (TPSA) is 95.4 Å². The van der Waals surface area contributed by atoms with Gasteiger partial charge in [0.25, 0.3) is 0 Å². The first-order valence-corrected chi connectivity index (χ1v) is 6.53. The summed E-state index contributed by atoms with van der Waals surface area (Å²) in [5, 5.41) is 16.0. The molecule has 2 amide bonds. The summed E-state index contributed by atoms with van der Waals surface area (Å²) in [5.41, 5.74) is 0.